The first-order valence-corrected chi connectivity index (χ1v) is 4.83. The molecular formula is C11H12F3N. The molecule has 15 heavy (non-hydrogen) atoms. The van der Waals surface area contributed by atoms with Crippen LogP contribution in [0.2, 0.25) is 0 Å². The molecule has 0 bridgehead atoms. The fourth-order valence-corrected chi connectivity index (χ4v) is 1.84. The van der Waals surface area contributed by atoms with Crippen molar-refractivity contribution in [1.82, 2.24) is 0 Å². The zero-order valence-electron chi connectivity index (χ0n) is 8.31. The highest BCUT2D eigenvalue weighted by Gasteiger charge is 2.37. The first-order valence-electron chi connectivity index (χ1n) is 4.83. The Morgan fingerprint density at radius 1 is 1.33 bits per heavy atom. The Morgan fingerprint density at radius 2 is 1.93 bits per heavy atom. The van der Waals surface area contributed by atoms with Crippen molar-refractivity contribution in [1.29, 1.82) is 0 Å². The molecular weight excluding hydrogens is 203 g/mol. The van der Waals surface area contributed by atoms with E-state index in [1.54, 1.807) is 13.0 Å². The highest BCUT2D eigenvalue weighted by atomic mass is 19.4. The molecule has 2 rings (SSSR count). The Labute approximate surface area is 86.1 Å². The van der Waals surface area contributed by atoms with E-state index in [-0.39, 0.29) is 12.0 Å². The van der Waals surface area contributed by atoms with Crippen molar-refractivity contribution in [3.05, 3.63) is 34.9 Å². The molecule has 1 nitrogen and oxygen atoms in total. The van der Waals surface area contributed by atoms with E-state index in [2.05, 4.69) is 0 Å². The van der Waals surface area contributed by atoms with Gasteiger partial charge in [0.15, 0.2) is 0 Å². The second-order valence-electron chi connectivity index (χ2n) is 4.08. The lowest BCUT2D eigenvalue weighted by Crippen LogP contribution is -2.07. The fraction of sp³-hybridized carbons (Fsp3) is 0.455. The Hall–Kier alpha value is -1.03. The van der Waals surface area contributed by atoms with E-state index in [0.717, 1.165) is 18.1 Å². The molecule has 1 aliphatic carbocycles. The van der Waals surface area contributed by atoms with E-state index in [9.17, 15) is 13.2 Å². The Balaban J connectivity index is 2.31. The third-order valence-corrected chi connectivity index (χ3v) is 2.84. The molecule has 1 saturated carbocycles. The zero-order valence-corrected chi connectivity index (χ0v) is 8.31. The molecule has 0 spiro atoms. The zero-order chi connectivity index (χ0) is 11.2. The molecule has 1 fully saturated rings. The van der Waals surface area contributed by atoms with Crippen LogP contribution in [0.5, 0.6) is 0 Å². The standard InChI is InChI=1S/C11H12F3N/c1-6-4-7(11(12,13)14)2-3-8(6)9-5-10(9)15/h2-4,9-10H,5,15H2,1H3/t9-,10+/m0/s1. The highest BCUT2D eigenvalue weighted by molar-refractivity contribution is 5.38. The topological polar surface area (TPSA) is 26.0 Å². The number of hydrogen-bond acceptors (Lipinski definition) is 1. The SMILES string of the molecule is Cc1cc(C(F)(F)F)ccc1[C@@H]1C[C@H]1N. The van der Waals surface area contributed by atoms with Crippen LogP contribution in [0.4, 0.5) is 13.2 Å². The molecule has 4 heteroatoms. The monoisotopic (exact) mass is 215 g/mol. The molecule has 0 aromatic heterocycles. The van der Waals surface area contributed by atoms with Gasteiger partial charge >= 0.3 is 6.18 Å². The summed E-state index contributed by atoms with van der Waals surface area (Å²) in [6, 6.07) is 4.00. The quantitative estimate of drug-likeness (QED) is 0.765. The van der Waals surface area contributed by atoms with Crippen LogP contribution >= 0.6 is 0 Å². The Bertz CT molecular complexity index is 384. The van der Waals surface area contributed by atoms with Crippen LogP contribution < -0.4 is 5.73 Å². The van der Waals surface area contributed by atoms with Crippen molar-refractivity contribution in [2.75, 3.05) is 0 Å². The molecule has 2 atom stereocenters. The summed E-state index contributed by atoms with van der Waals surface area (Å²) in [6.07, 6.45) is -3.37. The van der Waals surface area contributed by atoms with Crippen molar-refractivity contribution in [3.63, 3.8) is 0 Å². The second kappa shape index (κ2) is 3.23. The van der Waals surface area contributed by atoms with E-state index < -0.39 is 11.7 Å². The van der Waals surface area contributed by atoms with Crippen molar-refractivity contribution in [2.24, 2.45) is 5.73 Å². The lowest BCUT2D eigenvalue weighted by Gasteiger charge is -2.10. The van der Waals surface area contributed by atoms with Crippen LogP contribution in [0.3, 0.4) is 0 Å². The first kappa shape index (κ1) is 10.5. The predicted octanol–water partition coefficient (Wildman–Crippen LogP) is 2.83. The maximum Gasteiger partial charge on any atom is 0.416 e. The van der Waals surface area contributed by atoms with Gasteiger partial charge < -0.3 is 5.73 Å². The third-order valence-electron chi connectivity index (χ3n) is 2.84. The number of rotatable bonds is 1. The Kier molecular flexibility index (Phi) is 2.26. The third kappa shape index (κ3) is 2.00. The summed E-state index contributed by atoms with van der Waals surface area (Å²) in [5.41, 5.74) is 6.72. The maximum absolute atomic E-state index is 12.4. The molecule has 2 N–H and O–H groups in total. The van der Waals surface area contributed by atoms with Gasteiger partial charge in [-0.05, 0) is 36.6 Å². The van der Waals surface area contributed by atoms with Gasteiger partial charge in [0, 0.05) is 12.0 Å². The predicted molar refractivity (Wildman–Crippen MR) is 51.5 cm³/mol. The number of nitrogens with two attached hydrogens (primary N) is 1. The van der Waals surface area contributed by atoms with Gasteiger partial charge in [-0.1, -0.05) is 6.07 Å². The van der Waals surface area contributed by atoms with Crippen LogP contribution in [-0.4, -0.2) is 6.04 Å². The molecule has 0 radical (unpaired) electrons. The summed E-state index contributed by atoms with van der Waals surface area (Å²) < 4.78 is 37.1. The smallest absolute Gasteiger partial charge is 0.327 e. The van der Waals surface area contributed by atoms with E-state index in [1.165, 1.54) is 6.07 Å². The summed E-state index contributed by atoms with van der Waals surface area (Å²) in [4.78, 5) is 0. The molecule has 0 unspecified atom stereocenters. The molecule has 1 aliphatic rings. The minimum atomic E-state index is -4.26. The van der Waals surface area contributed by atoms with E-state index in [1.807, 2.05) is 0 Å². The summed E-state index contributed by atoms with van der Waals surface area (Å²) in [7, 11) is 0. The summed E-state index contributed by atoms with van der Waals surface area (Å²) in [5.74, 6) is 0.257. The normalized spacial score (nSPS) is 25.4. The Morgan fingerprint density at radius 3 is 2.33 bits per heavy atom. The lowest BCUT2D eigenvalue weighted by atomic mass is 10.0. The van der Waals surface area contributed by atoms with Gasteiger partial charge in [-0.3, -0.25) is 0 Å². The minimum Gasteiger partial charge on any atom is -0.327 e. The van der Waals surface area contributed by atoms with Crippen LogP contribution in [0.1, 0.15) is 29.0 Å². The van der Waals surface area contributed by atoms with Gasteiger partial charge in [0.2, 0.25) is 0 Å². The van der Waals surface area contributed by atoms with Gasteiger partial charge in [0.05, 0.1) is 5.56 Å². The number of alkyl halides is 3. The van der Waals surface area contributed by atoms with Gasteiger partial charge in [0.1, 0.15) is 0 Å². The minimum absolute atomic E-state index is 0.125. The van der Waals surface area contributed by atoms with Gasteiger partial charge in [0.25, 0.3) is 0 Å². The fourth-order valence-electron chi connectivity index (χ4n) is 1.84. The molecule has 0 amide bonds. The summed E-state index contributed by atoms with van der Waals surface area (Å²) in [5, 5.41) is 0. The van der Waals surface area contributed by atoms with E-state index >= 15 is 0 Å². The molecule has 0 saturated heterocycles. The molecule has 0 heterocycles. The van der Waals surface area contributed by atoms with Crippen molar-refractivity contribution < 1.29 is 13.2 Å². The maximum atomic E-state index is 12.4. The molecule has 1 aromatic rings. The summed E-state index contributed by atoms with van der Waals surface area (Å²) in [6.45, 7) is 1.70. The number of aryl methyl sites for hydroxylation is 1. The van der Waals surface area contributed by atoms with Crippen LogP contribution in [0, 0.1) is 6.92 Å². The second-order valence-corrected chi connectivity index (χ2v) is 4.08. The van der Waals surface area contributed by atoms with Crippen molar-refractivity contribution >= 4 is 0 Å². The van der Waals surface area contributed by atoms with Gasteiger partial charge in [-0.25, -0.2) is 0 Å². The summed E-state index contributed by atoms with van der Waals surface area (Å²) >= 11 is 0. The number of benzene rings is 1. The first-order chi connectivity index (χ1) is 6.89. The molecule has 0 aliphatic heterocycles. The lowest BCUT2D eigenvalue weighted by molar-refractivity contribution is -0.137. The molecule has 1 aromatic carbocycles. The van der Waals surface area contributed by atoms with Crippen molar-refractivity contribution in [3.8, 4) is 0 Å². The molecule has 82 valence electrons. The number of hydrogen-bond donors (Lipinski definition) is 1. The largest absolute Gasteiger partial charge is 0.416 e. The van der Waals surface area contributed by atoms with E-state index in [0.29, 0.717) is 5.56 Å². The van der Waals surface area contributed by atoms with Crippen LogP contribution in [0.25, 0.3) is 0 Å². The van der Waals surface area contributed by atoms with Gasteiger partial charge in [-0.2, -0.15) is 13.2 Å². The van der Waals surface area contributed by atoms with Crippen LogP contribution in [0.15, 0.2) is 18.2 Å². The van der Waals surface area contributed by atoms with E-state index in [4.69, 9.17) is 5.73 Å². The van der Waals surface area contributed by atoms with Crippen molar-refractivity contribution in [2.45, 2.75) is 31.5 Å². The average Bonchev–Trinajstić information content (AvgIpc) is 2.80. The average molecular weight is 215 g/mol. The van der Waals surface area contributed by atoms with Gasteiger partial charge in [-0.15, -0.1) is 0 Å². The highest BCUT2D eigenvalue weighted by Crippen LogP contribution is 2.41. The number of halogens is 3. The van der Waals surface area contributed by atoms with Crippen LogP contribution in [-0.2, 0) is 6.18 Å².